The van der Waals surface area contributed by atoms with Crippen LogP contribution < -0.4 is 18.9 Å². The molecular formula is C114H182N2O16S4. The van der Waals surface area contributed by atoms with Crippen LogP contribution in [-0.2, 0) is 18.9 Å². The lowest BCUT2D eigenvalue weighted by atomic mass is 10.1. The molecule has 4 heterocycles. The van der Waals surface area contributed by atoms with E-state index in [1.165, 1.54) is 153 Å². The molecule has 0 aliphatic rings. The molecular weight excluding hydrogens is 1780 g/mol. The summed E-state index contributed by atoms with van der Waals surface area (Å²) >= 11 is 4.55. The van der Waals surface area contributed by atoms with Crippen LogP contribution in [0.15, 0.2) is 131 Å². The smallest absolute Gasteiger partial charge is 0.357 e. The molecule has 0 amide bonds. The molecule has 768 valence electrons. The molecule has 8 rings (SSSR count). The first-order chi connectivity index (χ1) is 66.2. The normalized spacial score (nSPS) is 9.56. The first-order valence-electron chi connectivity index (χ1n) is 50.3. The molecule has 0 N–H and O–H groups in total. The molecule has 0 saturated carbocycles. The highest BCUT2D eigenvalue weighted by Gasteiger charge is 2.21. The number of ketones is 4. The predicted octanol–water partition coefficient (Wildman–Crippen LogP) is 35.5. The van der Waals surface area contributed by atoms with E-state index in [0.717, 1.165) is 104 Å². The first kappa shape index (κ1) is 142. The first-order valence-corrected chi connectivity index (χ1v) is 53.8. The fourth-order valence-electron chi connectivity index (χ4n) is 10.7. The molecule has 0 atom stereocenters. The molecule has 136 heavy (non-hydrogen) atoms. The maximum absolute atomic E-state index is 12.3. The highest BCUT2D eigenvalue weighted by molar-refractivity contribution is 7.16. The number of benzene rings is 4. The summed E-state index contributed by atoms with van der Waals surface area (Å²) in [6.07, 6.45) is 41.9. The number of Topliss-reactive ketones (excluding diaryl/α,β-unsaturated/α-hetero) is 4. The predicted molar refractivity (Wildman–Crippen MR) is 590 cm³/mol. The molecule has 22 heteroatoms. The summed E-state index contributed by atoms with van der Waals surface area (Å²) in [5, 5.41) is 5.10. The number of hydrogen-bond acceptors (Lipinski definition) is 22. The summed E-state index contributed by atoms with van der Waals surface area (Å²) in [4.78, 5) is 104. The summed E-state index contributed by atoms with van der Waals surface area (Å²) in [5.41, 5.74) is 9.69. The zero-order valence-corrected chi connectivity index (χ0v) is 94.3. The molecule has 4 aromatic carbocycles. The molecule has 0 fully saturated rings. The maximum atomic E-state index is 12.3. The number of esters is 4. The second kappa shape index (κ2) is 101. The van der Waals surface area contributed by atoms with Crippen LogP contribution in [-0.4, -0.2) is 112 Å². The molecule has 18 nitrogen and oxygen atoms in total. The Hall–Kier alpha value is -9.74. The number of ether oxygens (including phenoxy) is 8. The Bertz CT molecular complexity index is 4070. The van der Waals surface area contributed by atoms with E-state index in [1.807, 2.05) is 260 Å². The van der Waals surface area contributed by atoms with Crippen LogP contribution in [0.1, 0.15) is 447 Å². The third-order valence-electron chi connectivity index (χ3n) is 17.4. The van der Waals surface area contributed by atoms with Crippen molar-refractivity contribution < 1.29 is 76.3 Å². The van der Waals surface area contributed by atoms with Gasteiger partial charge in [-0.15, -0.1) is 45.3 Å². The number of carbonyl (C=O) groups is 8. The van der Waals surface area contributed by atoms with Gasteiger partial charge in [-0.3, -0.25) is 19.2 Å². The van der Waals surface area contributed by atoms with Crippen molar-refractivity contribution in [2.75, 3.05) is 54.9 Å². The monoisotopic (exact) mass is 1960 g/mol. The van der Waals surface area contributed by atoms with Gasteiger partial charge in [0.2, 0.25) is 23.1 Å². The third kappa shape index (κ3) is 65.1. The van der Waals surface area contributed by atoms with Gasteiger partial charge in [0, 0.05) is 16.1 Å². The Kier molecular flexibility index (Phi) is 105. The van der Waals surface area contributed by atoms with Crippen molar-refractivity contribution in [3.8, 4) is 23.0 Å². The number of aromatic nitrogens is 2. The van der Waals surface area contributed by atoms with Gasteiger partial charge in [0.1, 0.15) is 27.9 Å². The van der Waals surface area contributed by atoms with Crippen molar-refractivity contribution >= 4 is 117 Å². The Morgan fingerprint density at radius 2 is 0.566 bits per heavy atom. The zero-order valence-electron chi connectivity index (χ0n) is 91.0. The fraction of sp³-hybridized carbons (Fsp3) is 0.526. The second-order valence-electron chi connectivity index (χ2n) is 26.3. The van der Waals surface area contributed by atoms with E-state index in [0.29, 0.717) is 43.2 Å². The molecule has 0 spiro atoms. The molecule has 0 aliphatic carbocycles. The molecule has 0 aliphatic heterocycles. The van der Waals surface area contributed by atoms with Gasteiger partial charge in [0.15, 0.2) is 47.8 Å². The van der Waals surface area contributed by atoms with Crippen LogP contribution in [0.3, 0.4) is 0 Å². The largest absolute Gasteiger partial charge is 0.485 e. The number of unbranched alkanes of at least 4 members (excludes halogenated alkanes) is 16. The topological polar surface area (TPSA) is 236 Å². The van der Waals surface area contributed by atoms with Gasteiger partial charge >= 0.3 is 23.9 Å². The highest BCUT2D eigenvalue weighted by atomic mass is 32.1. The number of hydrogen-bond donors (Lipinski definition) is 0. The third-order valence-corrected chi connectivity index (χ3v) is 21.2. The number of nitrogens with zero attached hydrogens (tertiary/aromatic N) is 2. The zero-order chi connectivity index (χ0) is 105. The van der Waals surface area contributed by atoms with Gasteiger partial charge in [-0.1, -0.05) is 344 Å². The van der Waals surface area contributed by atoms with Crippen LogP contribution in [0, 0.1) is 27.7 Å². The fourth-order valence-corrected chi connectivity index (χ4v) is 13.8. The lowest BCUT2D eigenvalue weighted by Gasteiger charge is -2.07. The van der Waals surface area contributed by atoms with E-state index < -0.39 is 23.9 Å². The Balaban J connectivity index is -0.000000248. The number of carbonyl (C=O) groups excluding carboxylic acids is 8. The summed E-state index contributed by atoms with van der Waals surface area (Å²) in [7, 11) is 5.19. The molecule has 8 aromatic rings. The summed E-state index contributed by atoms with van der Waals surface area (Å²) in [6, 6.07) is 28.0. The number of aryl methyl sites for hydroxylation is 4. The van der Waals surface area contributed by atoms with E-state index in [2.05, 4.69) is 112 Å². The van der Waals surface area contributed by atoms with Crippen molar-refractivity contribution in [3.63, 3.8) is 0 Å². The van der Waals surface area contributed by atoms with Crippen molar-refractivity contribution in [2.24, 2.45) is 0 Å². The van der Waals surface area contributed by atoms with Crippen molar-refractivity contribution in [2.45, 2.75) is 350 Å². The highest BCUT2D eigenvalue weighted by Crippen LogP contribution is 2.27. The SMILES string of the molecule is CC.CC.CC.CC.CC.CC.CC.CC.CC.CC.CC.CC.CCCCCCC=Cc1cc(OCC(=O)c2nc(C(=O)OC)cs2)ccc1C.CCCCCCC=Cc1ccc(OCC(=O)c2cc(C(=O)OC)cs2)cc1C.CCCCCCC=Cc1ccc(OCC(=O)c2ccc(C(=O)OC)s2)cc1C.CCCCCCC=Cc1ccc(OCC(=O)c2nc(C(=O)OC)cs2)cc1C. The Morgan fingerprint density at radius 1 is 0.279 bits per heavy atom. The molecule has 0 radical (unpaired) electrons. The molecule has 0 saturated heterocycles. The summed E-state index contributed by atoms with van der Waals surface area (Å²) in [5.74, 6) is -0.251. The number of thiophene rings is 2. The quantitative estimate of drug-likeness (QED) is 0.0149. The van der Waals surface area contributed by atoms with Crippen LogP contribution in [0.5, 0.6) is 23.0 Å². The van der Waals surface area contributed by atoms with Gasteiger partial charge in [0.25, 0.3) is 0 Å². The number of allylic oxidation sites excluding steroid dienone is 4. The minimum absolute atomic E-state index is 0.0623. The summed E-state index contributed by atoms with van der Waals surface area (Å²) in [6.45, 7) is 64.6. The minimum Gasteiger partial charge on any atom is -0.485 e. The molecule has 0 bridgehead atoms. The Labute approximate surface area is 842 Å². The van der Waals surface area contributed by atoms with Crippen LogP contribution in [0.2, 0.25) is 0 Å². The van der Waals surface area contributed by atoms with Gasteiger partial charge in [0.05, 0.1) is 43.8 Å². The Morgan fingerprint density at radius 3 is 0.875 bits per heavy atom. The van der Waals surface area contributed by atoms with Crippen LogP contribution in [0.4, 0.5) is 0 Å². The van der Waals surface area contributed by atoms with Gasteiger partial charge in [-0.05, 0) is 190 Å². The maximum Gasteiger partial charge on any atom is 0.357 e. The average Bonchev–Trinajstić information content (AvgIpc) is 1.77. The summed E-state index contributed by atoms with van der Waals surface area (Å²) < 4.78 is 41.0. The second-order valence-corrected chi connectivity index (χ2v) is 30.0. The van der Waals surface area contributed by atoms with Crippen molar-refractivity contribution in [1.82, 2.24) is 9.97 Å². The number of methoxy groups -OCH3 is 4. The van der Waals surface area contributed by atoms with E-state index >= 15 is 0 Å². The lowest BCUT2D eigenvalue weighted by Crippen LogP contribution is -2.12. The molecule has 0 unspecified atom stereocenters. The van der Waals surface area contributed by atoms with E-state index in [4.69, 9.17) is 18.9 Å². The average molecular weight is 1960 g/mol. The standard InChI is InChI=1S/2C23H28O4S.2C22H27NO4S.12C2H6/c1-4-5-6-7-8-9-10-18-11-12-20(13-17(18)2)27-15-21(24)22-14-19(16-28-22)23(25)26-3;1-4-5-6-7-8-9-10-18-11-12-19(15-17(18)2)27-16-20(24)21-13-14-22(28-21)23(25)26-3;1-4-5-6-7-8-9-10-17-11-12-18(13-16(17)2)27-14-20(24)21-23-19(15-28-21)22(25)26-3;1-4-5-6-7-8-9-10-17-13-18(12-11-16(17)2)27-14-20(24)21-23-19(15-28-21)22(25)26-3;12*1-2/h9-14,16H,4-8,15H2,1-3H3;9-15H,4-8,16H2,1-3H3;2*9-13,15H,4-8,14H2,1-3H3;12*1-2H3. The lowest BCUT2D eigenvalue weighted by molar-refractivity contribution is 0.0586. The van der Waals surface area contributed by atoms with Crippen molar-refractivity contribution in [1.29, 1.82) is 0 Å². The van der Waals surface area contributed by atoms with Gasteiger partial charge < -0.3 is 37.9 Å². The molecule has 4 aromatic heterocycles. The van der Waals surface area contributed by atoms with E-state index in [9.17, 15) is 38.4 Å². The minimum atomic E-state index is -0.555. The van der Waals surface area contributed by atoms with Crippen LogP contribution >= 0.6 is 45.3 Å². The van der Waals surface area contributed by atoms with Gasteiger partial charge in [-0.2, -0.15) is 0 Å². The van der Waals surface area contributed by atoms with E-state index in [-0.39, 0.29) is 71.0 Å². The number of thiazole rings is 2. The number of rotatable bonds is 44. The van der Waals surface area contributed by atoms with E-state index in [1.54, 1.807) is 23.6 Å². The van der Waals surface area contributed by atoms with Crippen molar-refractivity contribution in [3.05, 3.63) is 218 Å². The van der Waals surface area contributed by atoms with Crippen LogP contribution in [0.25, 0.3) is 24.3 Å². The van der Waals surface area contributed by atoms with Gasteiger partial charge in [-0.25, -0.2) is 29.1 Å².